The molecule has 0 aromatic carbocycles. The molecule has 0 aliphatic carbocycles. The molecule has 18 heavy (non-hydrogen) atoms. The summed E-state index contributed by atoms with van der Waals surface area (Å²) in [7, 11) is -3.51. The van der Waals surface area contributed by atoms with Crippen LogP contribution in [0.4, 0.5) is 5.82 Å². The summed E-state index contributed by atoms with van der Waals surface area (Å²) in [4.78, 5) is 1.05. The third-order valence-corrected chi connectivity index (χ3v) is 5.58. The number of nitrogens with zero attached hydrogens (tertiary/aromatic N) is 1. The second-order valence-corrected chi connectivity index (χ2v) is 6.89. The number of H-pyrrole nitrogens is 1. The predicted molar refractivity (Wildman–Crippen MR) is 72.5 cm³/mol. The van der Waals surface area contributed by atoms with Crippen molar-refractivity contribution >= 4 is 27.2 Å². The van der Waals surface area contributed by atoms with Crippen molar-refractivity contribution in [1.82, 2.24) is 10.2 Å². The van der Waals surface area contributed by atoms with E-state index in [2.05, 4.69) is 14.9 Å². The Morgan fingerprint density at radius 3 is 2.67 bits per heavy atom. The molecule has 5 nitrogen and oxygen atoms in total. The zero-order valence-corrected chi connectivity index (χ0v) is 11.9. The van der Waals surface area contributed by atoms with Crippen LogP contribution in [0, 0.1) is 0 Å². The molecule has 2 aromatic heterocycles. The lowest BCUT2D eigenvalue weighted by molar-refractivity contribution is 0.603. The van der Waals surface area contributed by atoms with Gasteiger partial charge in [-0.1, -0.05) is 13.8 Å². The summed E-state index contributed by atoms with van der Waals surface area (Å²) in [6, 6.07) is 5.16. The molecule has 7 heteroatoms. The highest BCUT2D eigenvalue weighted by Gasteiger charge is 2.17. The molecule has 0 aliphatic heterocycles. The maximum atomic E-state index is 12.1. The third-order valence-electron chi connectivity index (χ3n) is 2.50. The second kappa shape index (κ2) is 5.11. The van der Waals surface area contributed by atoms with Crippen LogP contribution in [0.3, 0.4) is 0 Å². The van der Waals surface area contributed by atoms with E-state index >= 15 is 0 Å². The molecule has 98 valence electrons. The van der Waals surface area contributed by atoms with Crippen molar-refractivity contribution in [2.24, 2.45) is 0 Å². The Bertz CT molecular complexity index is 628. The Morgan fingerprint density at radius 2 is 2.11 bits per heavy atom. The molecule has 0 spiro atoms. The molecule has 0 saturated heterocycles. The van der Waals surface area contributed by atoms with Crippen molar-refractivity contribution in [3.8, 4) is 0 Å². The van der Waals surface area contributed by atoms with Gasteiger partial charge in [-0.3, -0.25) is 9.82 Å². The van der Waals surface area contributed by atoms with Crippen molar-refractivity contribution in [1.29, 1.82) is 0 Å². The van der Waals surface area contributed by atoms with Gasteiger partial charge in [-0.2, -0.15) is 5.10 Å². The van der Waals surface area contributed by atoms with Crippen LogP contribution in [0.2, 0.25) is 0 Å². The van der Waals surface area contributed by atoms with E-state index in [1.807, 2.05) is 19.9 Å². The fraction of sp³-hybridized carbons (Fsp3) is 0.364. The second-order valence-electron chi connectivity index (χ2n) is 3.81. The molecule has 0 bridgehead atoms. The van der Waals surface area contributed by atoms with E-state index in [0.717, 1.165) is 23.4 Å². The van der Waals surface area contributed by atoms with E-state index in [1.54, 1.807) is 12.1 Å². The molecule has 2 rings (SSSR count). The monoisotopic (exact) mass is 285 g/mol. The predicted octanol–water partition coefficient (Wildman–Crippen LogP) is 2.40. The van der Waals surface area contributed by atoms with Crippen LogP contribution >= 0.6 is 11.3 Å². The van der Waals surface area contributed by atoms with Crippen LogP contribution < -0.4 is 4.72 Å². The van der Waals surface area contributed by atoms with Crippen molar-refractivity contribution in [2.75, 3.05) is 4.72 Å². The molecule has 0 atom stereocenters. The van der Waals surface area contributed by atoms with Gasteiger partial charge in [0.2, 0.25) is 0 Å². The topological polar surface area (TPSA) is 74.8 Å². The number of rotatable bonds is 5. The van der Waals surface area contributed by atoms with Gasteiger partial charge in [0.1, 0.15) is 4.21 Å². The van der Waals surface area contributed by atoms with Crippen LogP contribution in [0.25, 0.3) is 0 Å². The Morgan fingerprint density at radius 1 is 1.33 bits per heavy atom. The number of hydrogen-bond acceptors (Lipinski definition) is 4. The number of aromatic nitrogens is 2. The molecule has 2 aromatic rings. The van der Waals surface area contributed by atoms with Crippen molar-refractivity contribution in [3.05, 3.63) is 28.8 Å². The largest absolute Gasteiger partial charge is 0.280 e. The van der Waals surface area contributed by atoms with Crippen molar-refractivity contribution in [2.45, 2.75) is 30.9 Å². The molecular formula is C11H15N3O2S2. The van der Waals surface area contributed by atoms with Gasteiger partial charge in [0.15, 0.2) is 5.82 Å². The zero-order valence-electron chi connectivity index (χ0n) is 10.2. The first-order chi connectivity index (χ1) is 8.55. The average Bonchev–Trinajstić information content (AvgIpc) is 2.96. The standard InChI is InChI=1S/C11H15N3O2S2/c1-3-8-7-10(13-12-8)14-18(15,16)11-6-5-9(4-2)17-11/h5-7H,3-4H2,1-2H3,(H2,12,13,14). The number of aryl methyl sites for hydroxylation is 2. The summed E-state index contributed by atoms with van der Waals surface area (Å²) in [5, 5.41) is 6.69. The van der Waals surface area contributed by atoms with Gasteiger partial charge in [0, 0.05) is 16.6 Å². The lowest BCUT2D eigenvalue weighted by Crippen LogP contribution is -2.11. The third kappa shape index (κ3) is 2.73. The van der Waals surface area contributed by atoms with E-state index in [0.29, 0.717) is 10.0 Å². The first-order valence-electron chi connectivity index (χ1n) is 5.71. The molecule has 2 N–H and O–H groups in total. The number of aromatic amines is 1. The van der Waals surface area contributed by atoms with Gasteiger partial charge in [-0.05, 0) is 25.0 Å². The molecule has 2 heterocycles. The maximum Gasteiger partial charge on any atom is 0.272 e. The Kier molecular flexibility index (Phi) is 3.72. The van der Waals surface area contributed by atoms with E-state index in [1.165, 1.54) is 11.3 Å². The highest BCUT2D eigenvalue weighted by molar-refractivity contribution is 7.94. The summed E-state index contributed by atoms with van der Waals surface area (Å²) in [6.45, 7) is 3.97. The Labute approximate surface area is 110 Å². The lowest BCUT2D eigenvalue weighted by Gasteiger charge is -2.01. The zero-order chi connectivity index (χ0) is 13.2. The van der Waals surface area contributed by atoms with E-state index in [-0.39, 0.29) is 0 Å². The molecule has 0 aliphatic rings. The Hall–Kier alpha value is -1.34. The quantitative estimate of drug-likeness (QED) is 0.885. The number of nitrogens with one attached hydrogen (secondary N) is 2. The molecule has 0 fully saturated rings. The van der Waals surface area contributed by atoms with Crippen LogP contribution in [0.15, 0.2) is 22.4 Å². The maximum absolute atomic E-state index is 12.1. The van der Waals surface area contributed by atoms with Crippen LogP contribution in [-0.4, -0.2) is 18.6 Å². The summed E-state index contributed by atoms with van der Waals surface area (Å²) in [5.41, 5.74) is 0.896. The molecule has 0 amide bonds. The van der Waals surface area contributed by atoms with E-state index in [9.17, 15) is 8.42 Å². The van der Waals surface area contributed by atoms with Gasteiger partial charge >= 0.3 is 0 Å². The fourth-order valence-corrected chi connectivity index (χ4v) is 3.76. The minimum atomic E-state index is -3.51. The van der Waals surface area contributed by atoms with E-state index < -0.39 is 10.0 Å². The van der Waals surface area contributed by atoms with Gasteiger partial charge in [-0.15, -0.1) is 11.3 Å². The number of hydrogen-bond donors (Lipinski definition) is 2. The molecular weight excluding hydrogens is 270 g/mol. The SMILES string of the molecule is CCc1cc(NS(=O)(=O)c2ccc(CC)s2)n[nH]1. The fourth-order valence-electron chi connectivity index (χ4n) is 1.48. The molecule has 0 radical (unpaired) electrons. The number of sulfonamides is 1. The minimum Gasteiger partial charge on any atom is -0.280 e. The first kappa shape index (κ1) is 13.1. The number of thiophene rings is 1. The van der Waals surface area contributed by atoms with Gasteiger partial charge in [0.05, 0.1) is 0 Å². The minimum absolute atomic E-state index is 0.320. The smallest absolute Gasteiger partial charge is 0.272 e. The normalized spacial score (nSPS) is 11.7. The Balaban J connectivity index is 2.21. The van der Waals surface area contributed by atoms with Crippen molar-refractivity contribution < 1.29 is 8.42 Å². The highest BCUT2D eigenvalue weighted by Crippen LogP contribution is 2.23. The lowest BCUT2D eigenvalue weighted by atomic mass is 10.3. The average molecular weight is 285 g/mol. The summed E-state index contributed by atoms with van der Waals surface area (Å²) in [5.74, 6) is 0.332. The van der Waals surface area contributed by atoms with Gasteiger partial charge in [0.25, 0.3) is 10.0 Å². The van der Waals surface area contributed by atoms with Crippen molar-refractivity contribution in [3.63, 3.8) is 0 Å². The summed E-state index contributed by atoms with van der Waals surface area (Å²) in [6.07, 6.45) is 1.62. The van der Waals surface area contributed by atoms with Crippen LogP contribution in [-0.2, 0) is 22.9 Å². The van der Waals surface area contributed by atoms with Gasteiger partial charge < -0.3 is 0 Å². The summed E-state index contributed by atoms with van der Waals surface area (Å²) < 4.78 is 26.9. The van der Waals surface area contributed by atoms with E-state index in [4.69, 9.17) is 0 Å². The highest BCUT2D eigenvalue weighted by atomic mass is 32.2. The first-order valence-corrected chi connectivity index (χ1v) is 8.01. The van der Waals surface area contributed by atoms with Crippen LogP contribution in [0.5, 0.6) is 0 Å². The summed E-state index contributed by atoms with van der Waals surface area (Å²) >= 11 is 1.28. The van der Waals surface area contributed by atoms with Gasteiger partial charge in [-0.25, -0.2) is 8.42 Å². The molecule has 0 saturated carbocycles. The number of anilines is 1. The molecule has 0 unspecified atom stereocenters. The van der Waals surface area contributed by atoms with Crippen LogP contribution in [0.1, 0.15) is 24.4 Å².